The SMILES string of the molecule is NC(=O)CNCC(O)c1ccc([N+](=O)[O-])cc1. The lowest BCUT2D eigenvalue weighted by Crippen LogP contribution is -2.31. The van der Waals surface area contributed by atoms with Gasteiger partial charge in [-0.15, -0.1) is 0 Å². The van der Waals surface area contributed by atoms with Crippen molar-refractivity contribution in [1.82, 2.24) is 5.32 Å². The molecule has 7 nitrogen and oxygen atoms in total. The Labute approximate surface area is 97.4 Å². The molecule has 0 saturated carbocycles. The van der Waals surface area contributed by atoms with Crippen LogP contribution in [0.3, 0.4) is 0 Å². The number of nitro groups is 1. The van der Waals surface area contributed by atoms with E-state index in [0.29, 0.717) is 5.56 Å². The number of carbonyl (C=O) groups is 1. The van der Waals surface area contributed by atoms with Gasteiger partial charge in [-0.05, 0) is 17.7 Å². The van der Waals surface area contributed by atoms with Crippen molar-refractivity contribution in [2.45, 2.75) is 6.10 Å². The van der Waals surface area contributed by atoms with Gasteiger partial charge in [0.15, 0.2) is 0 Å². The number of nitrogens with zero attached hydrogens (tertiary/aromatic N) is 1. The zero-order chi connectivity index (χ0) is 12.8. The number of aliphatic hydroxyl groups excluding tert-OH is 1. The van der Waals surface area contributed by atoms with Crippen LogP contribution < -0.4 is 11.1 Å². The van der Waals surface area contributed by atoms with E-state index < -0.39 is 16.9 Å². The number of nitrogens with two attached hydrogens (primary N) is 1. The number of aliphatic hydroxyl groups is 1. The lowest BCUT2D eigenvalue weighted by molar-refractivity contribution is -0.384. The monoisotopic (exact) mass is 239 g/mol. The number of hydrogen-bond acceptors (Lipinski definition) is 5. The third kappa shape index (κ3) is 4.17. The van der Waals surface area contributed by atoms with Crippen molar-refractivity contribution < 1.29 is 14.8 Å². The number of non-ortho nitro benzene ring substituents is 1. The van der Waals surface area contributed by atoms with Crippen LogP contribution in [0.25, 0.3) is 0 Å². The Bertz CT molecular complexity index is 405. The molecule has 0 aliphatic rings. The van der Waals surface area contributed by atoms with E-state index in [1.807, 2.05) is 0 Å². The van der Waals surface area contributed by atoms with Crippen molar-refractivity contribution in [2.24, 2.45) is 5.73 Å². The van der Waals surface area contributed by atoms with Gasteiger partial charge in [-0.3, -0.25) is 14.9 Å². The minimum Gasteiger partial charge on any atom is -0.387 e. The van der Waals surface area contributed by atoms with E-state index in [4.69, 9.17) is 5.73 Å². The van der Waals surface area contributed by atoms with Crippen LogP contribution in [0.2, 0.25) is 0 Å². The van der Waals surface area contributed by atoms with Crippen molar-refractivity contribution in [2.75, 3.05) is 13.1 Å². The summed E-state index contributed by atoms with van der Waals surface area (Å²) in [5.74, 6) is -0.513. The van der Waals surface area contributed by atoms with Crippen LogP contribution in [0.4, 0.5) is 5.69 Å². The van der Waals surface area contributed by atoms with Crippen molar-refractivity contribution in [3.63, 3.8) is 0 Å². The lowest BCUT2D eigenvalue weighted by atomic mass is 10.1. The van der Waals surface area contributed by atoms with Crippen molar-refractivity contribution in [3.05, 3.63) is 39.9 Å². The first-order chi connectivity index (χ1) is 8.00. The Morgan fingerprint density at radius 3 is 2.53 bits per heavy atom. The zero-order valence-electron chi connectivity index (χ0n) is 9.00. The van der Waals surface area contributed by atoms with Crippen LogP contribution in [-0.2, 0) is 4.79 Å². The summed E-state index contributed by atoms with van der Waals surface area (Å²) in [5, 5.41) is 22.7. The average Bonchev–Trinajstić information content (AvgIpc) is 2.28. The van der Waals surface area contributed by atoms with Gasteiger partial charge >= 0.3 is 0 Å². The van der Waals surface area contributed by atoms with E-state index in [1.165, 1.54) is 24.3 Å². The third-order valence-electron chi connectivity index (χ3n) is 2.13. The molecule has 0 spiro atoms. The maximum atomic E-state index is 10.4. The molecule has 0 heterocycles. The molecular formula is C10H13N3O4. The van der Waals surface area contributed by atoms with Gasteiger partial charge in [-0.2, -0.15) is 0 Å². The maximum absolute atomic E-state index is 10.4. The normalized spacial score (nSPS) is 12.1. The summed E-state index contributed by atoms with van der Waals surface area (Å²) < 4.78 is 0. The number of benzene rings is 1. The Balaban J connectivity index is 2.54. The van der Waals surface area contributed by atoms with Crippen LogP contribution in [0.15, 0.2) is 24.3 Å². The van der Waals surface area contributed by atoms with Gasteiger partial charge in [0.05, 0.1) is 17.6 Å². The molecule has 0 radical (unpaired) electrons. The van der Waals surface area contributed by atoms with Gasteiger partial charge in [0, 0.05) is 18.7 Å². The second-order valence-electron chi connectivity index (χ2n) is 3.46. The molecule has 0 aliphatic carbocycles. The molecule has 1 unspecified atom stereocenters. The highest BCUT2D eigenvalue weighted by atomic mass is 16.6. The molecule has 1 aromatic rings. The molecule has 1 aromatic carbocycles. The quantitative estimate of drug-likeness (QED) is 0.465. The first-order valence-electron chi connectivity index (χ1n) is 4.92. The van der Waals surface area contributed by atoms with Crippen molar-refractivity contribution >= 4 is 11.6 Å². The number of carbonyl (C=O) groups excluding carboxylic acids is 1. The molecule has 0 aromatic heterocycles. The van der Waals surface area contributed by atoms with Crippen LogP contribution in [0, 0.1) is 10.1 Å². The number of hydrogen-bond donors (Lipinski definition) is 3. The second kappa shape index (κ2) is 5.92. The van der Waals surface area contributed by atoms with Crippen molar-refractivity contribution in [1.29, 1.82) is 0 Å². The molecule has 0 saturated heterocycles. The van der Waals surface area contributed by atoms with Crippen LogP contribution in [0.5, 0.6) is 0 Å². The highest BCUT2D eigenvalue weighted by molar-refractivity contribution is 5.75. The molecule has 0 fully saturated rings. The molecule has 92 valence electrons. The van der Waals surface area contributed by atoms with E-state index in [-0.39, 0.29) is 18.8 Å². The molecule has 1 rings (SSSR count). The summed E-state index contributed by atoms with van der Waals surface area (Å²) in [4.78, 5) is 20.3. The Morgan fingerprint density at radius 2 is 2.06 bits per heavy atom. The van der Waals surface area contributed by atoms with Gasteiger partial charge in [0.2, 0.25) is 5.91 Å². The number of nitrogens with one attached hydrogen (secondary N) is 1. The average molecular weight is 239 g/mol. The molecule has 0 bridgehead atoms. The molecule has 7 heteroatoms. The fourth-order valence-electron chi connectivity index (χ4n) is 1.27. The first-order valence-corrected chi connectivity index (χ1v) is 4.92. The Morgan fingerprint density at radius 1 is 1.47 bits per heavy atom. The number of nitro benzene ring substituents is 1. The summed E-state index contributed by atoms with van der Waals surface area (Å²) in [6.45, 7) is 0.130. The fourth-order valence-corrected chi connectivity index (χ4v) is 1.27. The van der Waals surface area contributed by atoms with Gasteiger partial charge in [0.1, 0.15) is 0 Å². The molecule has 17 heavy (non-hydrogen) atoms. The van der Waals surface area contributed by atoms with E-state index in [0.717, 1.165) is 0 Å². The Kier molecular flexibility index (Phi) is 4.56. The zero-order valence-corrected chi connectivity index (χ0v) is 9.00. The highest BCUT2D eigenvalue weighted by Crippen LogP contribution is 2.16. The highest BCUT2D eigenvalue weighted by Gasteiger charge is 2.10. The van der Waals surface area contributed by atoms with Gasteiger partial charge in [0.25, 0.3) is 5.69 Å². The molecule has 4 N–H and O–H groups in total. The minimum atomic E-state index is -0.838. The van der Waals surface area contributed by atoms with Crippen molar-refractivity contribution in [3.8, 4) is 0 Å². The van der Waals surface area contributed by atoms with Crippen LogP contribution >= 0.6 is 0 Å². The summed E-state index contributed by atoms with van der Waals surface area (Å²) in [6.07, 6.45) is -0.838. The van der Waals surface area contributed by atoms with Gasteiger partial charge in [-0.25, -0.2) is 0 Å². The fraction of sp³-hybridized carbons (Fsp3) is 0.300. The molecule has 1 amide bonds. The standard InChI is InChI=1S/C10H13N3O4/c11-10(15)6-12-5-9(14)7-1-3-8(4-2-7)13(16)17/h1-4,9,12,14H,5-6H2,(H2,11,15). The smallest absolute Gasteiger partial charge is 0.269 e. The predicted octanol–water partition coefficient (Wildman–Crippen LogP) is -0.297. The number of rotatable bonds is 6. The second-order valence-corrected chi connectivity index (χ2v) is 3.46. The summed E-state index contributed by atoms with van der Waals surface area (Å²) in [7, 11) is 0. The van der Waals surface area contributed by atoms with E-state index >= 15 is 0 Å². The number of primary amides is 1. The largest absolute Gasteiger partial charge is 0.387 e. The number of amides is 1. The molecular weight excluding hydrogens is 226 g/mol. The van der Waals surface area contributed by atoms with Crippen LogP contribution in [0.1, 0.15) is 11.7 Å². The van der Waals surface area contributed by atoms with Gasteiger partial charge < -0.3 is 16.2 Å². The first kappa shape index (κ1) is 13.1. The van der Waals surface area contributed by atoms with Gasteiger partial charge in [-0.1, -0.05) is 0 Å². The predicted molar refractivity (Wildman–Crippen MR) is 60.1 cm³/mol. The summed E-state index contributed by atoms with van der Waals surface area (Å²) in [6, 6.07) is 5.56. The lowest BCUT2D eigenvalue weighted by Gasteiger charge is -2.10. The third-order valence-corrected chi connectivity index (χ3v) is 2.13. The Hall–Kier alpha value is -1.99. The summed E-state index contributed by atoms with van der Waals surface area (Å²) >= 11 is 0. The maximum Gasteiger partial charge on any atom is 0.269 e. The minimum absolute atomic E-state index is 0.0238. The van der Waals surface area contributed by atoms with E-state index in [1.54, 1.807) is 0 Å². The topological polar surface area (TPSA) is 118 Å². The van der Waals surface area contributed by atoms with E-state index in [2.05, 4.69) is 5.32 Å². The summed E-state index contributed by atoms with van der Waals surface area (Å²) in [5.41, 5.74) is 5.41. The molecule has 1 atom stereocenters. The molecule has 0 aliphatic heterocycles. The van der Waals surface area contributed by atoms with E-state index in [9.17, 15) is 20.0 Å². The van der Waals surface area contributed by atoms with Crippen LogP contribution in [-0.4, -0.2) is 29.0 Å².